The van der Waals surface area contributed by atoms with Crippen molar-refractivity contribution in [2.75, 3.05) is 21.3 Å². The van der Waals surface area contributed by atoms with Crippen molar-refractivity contribution in [3.05, 3.63) is 101 Å². The molecule has 3 aromatic rings. The maximum absolute atomic E-state index is 14.4. The summed E-state index contributed by atoms with van der Waals surface area (Å²) < 4.78 is 10.5. The van der Waals surface area contributed by atoms with Gasteiger partial charge in [-0.3, -0.25) is 38.6 Å². The van der Waals surface area contributed by atoms with Gasteiger partial charge in [0.1, 0.15) is 0 Å². The molecule has 4 heterocycles. The number of rotatable bonds is 11. The summed E-state index contributed by atoms with van der Waals surface area (Å²) in [5.41, 5.74) is 2.17. The average Bonchev–Trinajstić information content (AvgIpc) is 3.35. The largest absolute Gasteiger partial charge is 0.441 e. The first kappa shape index (κ1) is 37.5. The molecule has 4 aliphatic heterocycles. The van der Waals surface area contributed by atoms with Crippen LogP contribution in [-0.2, 0) is 63.4 Å². The molecule has 2 unspecified atom stereocenters. The summed E-state index contributed by atoms with van der Waals surface area (Å²) >= 11 is 0. The third kappa shape index (κ3) is 6.87. The highest BCUT2D eigenvalue weighted by molar-refractivity contribution is 6.08. The zero-order valence-electron chi connectivity index (χ0n) is 30.7. The number of aliphatic hydroxyl groups is 2. The topological polar surface area (TPSA) is 174 Å². The number of ether oxygens (including phenoxy) is 2. The van der Waals surface area contributed by atoms with Gasteiger partial charge >= 0.3 is 11.9 Å². The van der Waals surface area contributed by atoms with Crippen molar-refractivity contribution in [1.29, 1.82) is 0 Å². The fourth-order valence-electron chi connectivity index (χ4n) is 7.83. The lowest BCUT2D eigenvalue weighted by Crippen LogP contribution is -2.55. The van der Waals surface area contributed by atoms with Crippen molar-refractivity contribution in [3.63, 3.8) is 0 Å². The first-order valence-electron chi connectivity index (χ1n) is 18.2. The van der Waals surface area contributed by atoms with Gasteiger partial charge in [-0.1, -0.05) is 55.5 Å². The maximum atomic E-state index is 14.4. The number of anilines is 3. The van der Waals surface area contributed by atoms with E-state index in [-0.39, 0.29) is 61.7 Å². The second-order valence-corrected chi connectivity index (χ2v) is 14.3. The highest BCUT2D eigenvalue weighted by atomic mass is 16.6. The van der Waals surface area contributed by atoms with E-state index >= 15 is 0 Å². The van der Waals surface area contributed by atoms with E-state index in [4.69, 9.17) is 9.47 Å². The number of aliphatic hydroxyl groups excluding tert-OH is 1. The molecule has 0 aromatic heterocycles. The second kappa shape index (κ2) is 14.8. The van der Waals surface area contributed by atoms with Crippen LogP contribution in [0.25, 0.3) is 0 Å². The number of benzene rings is 3. The van der Waals surface area contributed by atoms with Gasteiger partial charge in [-0.25, -0.2) is 0 Å². The average molecular weight is 751 g/mol. The Morgan fingerprint density at radius 3 is 2.05 bits per heavy atom. The van der Waals surface area contributed by atoms with E-state index < -0.39 is 41.8 Å². The predicted octanol–water partition coefficient (Wildman–Crippen LogP) is 3.20. The van der Waals surface area contributed by atoms with Gasteiger partial charge in [-0.05, 0) is 53.4 Å². The summed E-state index contributed by atoms with van der Waals surface area (Å²) in [5.74, 6) is -3.22. The Balaban J connectivity index is 1.14. The van der Waals surface area contributed by atoms with Gasteiger partial charge < -0.3 is 29.5 Å². The molecular weight excluding hydrogens is 708 g/mol. The van der Waals surface area contributed by atoms with Crippen LogP contribution in [0.15, 0.2) is 78.9 Å². The molecule has 55 heavy (non-hydrogen) atoms. The van der Waals surface area contributed by atoms with Gasteiger partial charge in [0.2, 0.25) is 17.7 Å². The number of β-lactam (4-membered cyclic amide) rings is 2. The van der Waals surface area contributed by atoms with Crippen LogP contribution in [-0.4, -0.2) is 75.8 Å². The van der Waals surface area contributed by atoms with Crippen molar-refractivity contribution in [2.24, 2.45) is 5.92 Å². The van der Waals surface area contributed by atoms with E-state index in [0.717, 1.165) is 11.1 Å². The molecular formula is C41H42N4O10. The van der Waals surface area contributed by atoms with Crippen LogP contribution in [0.1, 0.15) is 62.3 Å². The summed E-state index contributed by atoms with van der Waals surface area (Å²) in [6.07, 6.45) is 2.32. The Labute approximate surface area is 317 Å². The Morgan fingerprint density at radius 1 is 0.855 bits per heavy atom. The van der Waals surface area contributed by atoms with Gasteiger partial charge in [0.15, 0.2) is 18.1 Å². The number of hydrogen-bond acceptors (Lipinski definition) is 10. The lowest BCUT2D eigenvalue weighted by Gasteiger charge is -2.39. The number of amides is 4. The van der Waals surface area contributed by atoms with Crippen molar-refractivity contribution >= 4 is 52.6 Å². The minimum absolute atomic E-state index is 0.000453. The molecule has 7 rings (SSSR count). The summed E-state index contributed by atoms with van der Waals surface area (Å²) in [7, 11) is 0. The first-order chi connectivity index (χ1) is 26.3. The van der Waals surface area contributed by atoms with Crippen molar-refractivity contribution in [3.8, 4) is 0 Å². The molecule has 14 nitrogen and oxygen atoms in total. The van der Waals surface area contributed by atoms with Crippen molar-refractivity contribution < 1.29 is 48.5 Å². The van der Waals surface area contributed by atoms with Crippen LogP contribution in [0.3, 0.4) is 0 Å². The molecule has 2 N–H and O–H groups in total. The Hall–Kier alpha value is -5.86. The fraction of sp³-hybridized carbons (Fsp3) is 0.366. The molecule has 0 aliphatic carbocycles. The number of carbonyl (C=O) groups excluding carboxylic acids is 6. The fourth-order valence-corrected chi connectivity index (χ4v) is 7.83. The molecule has 0 spiro atoms. The third-order valence-corrected chi connectivity index (χ3v) is 10.8. The summed E-state index contributed by atoms with van der Waals surface area (Å²) in [6, 6.07) is 19.1. The van der Waals surface area contributed by atoms with E-state index in [1.807, 2.05) is 24.3 Å². The van der Waals surface area contributed by atoms with Gasteiger partial charge in [-0.2, -0.15) is 0 Å². The Kier molecular flexibility index (Phi) is 10.1. The predicted molar refractivity (Wildman–Crippen MR) is 198 cm³/mol. The molecule has 2 saturated heterocycles. The molecule has 4 aliphatic rings. The van der Waals surface area contributed by atoms with Gasteiger partial charge in [0.05, 0.1) is 37.7 Å². The van der Waals surface area contributed by atoms with Crippen LogP contribution in [0.5, 0.6) is 0 Å². The van der Waals surface area contributed by atoms with E-state index in [1.165, 1.54) is 28.5 Å². The molecule has 0 bridgehead atoms. The Morgan fingerprint density at radius 2 is 1.45 bits per heavy atom. The molecule has 0 radical (unpaired) electrons. The Bertz CT molecular complexity index is 2100. The smallest absolute Gasteiger partial charge is 0.304 e. The van der Waals surface area contributed by atoms with Crippen LogP contribution < -0.4 is 14.7 Å². The summed E-state index contributed by atoms with van der Waals surface area (Å²) in [6.45, 7) is 4.41. The minimum atomic E-state index is -2.12. The number of esters is 2. The van der Waals surface area contributed by atoms with Crippen LogP contribution in [0.2, 0.25) is 0 Å². The number of hydrogen-bond donors (Lipinski definition) is 2. The zero-order valence-corrected chi connectivity index (χ0v) is 30.7. The van der Waals surface area contributed by atoms with Gasteiger partial charge in [0.25, 0.3) is 5.91 Å². The molecule has 3 aromatic carbocycles. The van der Waals surface area contributed by atoms with E-state index in [9.17, 15) is 39.0 Å². The SMILES string of the molecule is CC(=O)OC1CC(=O)N1c1ccc(CN2C(=O)[C@](O)([C@H](C)/C=C/CC(=O)N3Cc4ccccc4C[C@H]3CO)c3cc(N4C(=O)CC4OC(C)=O)ccc32)cc1. The highest BCUT2D eigenvalue weighted by Crippen LogP contribution is 2.48. The lowest BCUT2D eigenvalue weighted by atomic mass is 9.82. The van der Waals surface area contributed by atoms with E-state index in [1.54, 1.807) is 66.4 Å². The summed E-state index contributed by atoms with van der Waals surface area (Å²) in [4.78, 5) is 81.9. The van der Waals surface area contributed by atoms with Crippen molar-refractivity contribution in [2.45, 2.75) is 83.6 Å². The van der Waals surface area contributed by atoms with Crippen LogP contribution >= 0.6 is 0 Å². The summed E-state index contributed by atoms with van der Waals surface area (Å²) in [5, 5.41) is 22.5. The third-order valence-electron chi connectivity index (χ3n) is 10.8. The number of fused-ring (bicyclic) bond motifs is 2. The molecule has 4 amide bonds. The molecule has 286 valence electrons. The lowest BCUT2D eigenvalue weighted by molar-refractivity contribution is -0.155. The second-order valence-electron chi connectivity index (χ2n) is 14.3. The standard InChI is InChI=1S/C41H42N4O10/c1-24(7-6-10-35(49)42-22-29-9-5-4-8-28(29)17-32(42)23-46)41(53)33-18-31(45-37(51)20-39(45)55-26(3)48)15-16-34(33)43(40(41)52)21-27-11-13-30(14-12-27)44-36(50)19-38(44)54-25(2)47/h4-9,11-16,18,24,32,38-39,46,53H,10,17,19-23H2,1-3H3/b7-6+/t24-,32+,38?,39?,41+/m1/s1. The maximum Gasteiger partial charge on any atom is 0.304 e. The molecule has 5 atom stereocenters. The molecule has 14 heteroatoms. The quantitative estimate of drug-likeness (QED) is 0.168. The first-order valence-corrected chi connectivity index (χ1v) is 18.2. The monoisotopic (exact) mass is 750 g/mol. The van der Waals surface area contributed by atoms with E-state index in [2.05, 4.69) is 0 Å². The normalized spacial score (nSPS) is 23.6. The zero-order chi connectivity index (χ0) is 39.2. The van der Waals surface area contributed by atoms with Crippen LogP contribution in [0, 0.1) is 5.92 Å². The van der Waals surface area contributed by atoms with Gasteiger partial charge in [-0.15, -0.1) is 0 Å². The number of carbonyl (C=O) groups is 6. The number of nitrogens with zero attached hydrogens (tertiary/aromatic N) is 4. The van der Waals surface area contributed by atoms with Crippen LogP contribution in [0.4, 0.5) is 17.1 Å². The molecule has 0 saturated carbocycles. The minimum Gasteiger partial charge on any atom is -0.441 e. The highest BCUT2D eigenvalue weighted by Gasteiger charge is 2.53. The molecule has 2 fully saturated rings. The van der Waals surface area contributed by atoms with Gasteiger partial charge in [0, 0.05) is 49.7 Å². The van der Waals surface area contributed by atoms with Crippen molar-refractivity contribution in [1.82, 2.24) is 4.90 Å². The van der Waals surface area contributed by atoms with E-state index in [0.29, 0.717) is 35.6 Å².